The van der Waals surface area contributed by atoms with Crippen molar-refractivity contribution in [3.05, 3.63) is 29.3 Å². The first kappa shape index (κ1) is 7.43. The fourth-order valence-electron chi connectivity index (χ4n) is 1.03. The number of nitrogens with zero attached hydrogens (tertiary/aromatic N) is 3. The van der Waals surface area contributed by atoms with Gasteiger partial charge in [0, 0.05) is 6.20 Å². The van der Waals surface area contributed by atoms with Crippen molar-refractivity contribution in [2.75, 3.05) is 0 Å². The zero-order chi connectivity index (χ0) is 8.55. The normalized spacial score (nSPS) is 10.5. The number of aromatic nitrogens is 3. The quantitative estimate of drug-likeness (QED) is 0.581. The van der Waals surface area contributed by atoms with Crippen LogP contribution in [-0.4, -0.2) is 15.0 Å². The second kappa shape index (κ2) is 2.68. The Morgan fingerprint density at radius 3 is 3.00 bits per heavy atom. The van der Waals surface area contributed by atoms with Gasteiger partial charge in [-0.25, -0.2) is 15.0 Å². The summed E-state index contributed by atoms with van der Waals surface area (Å²) in [4.78, 5) is 12.2. The maximum atomic E-state index is 5.87. The lowest BCUT2D eigenvalue weighted by atomic mass is 10.3. The standard InChI is InChI=1S/C8H6ClN3/c1-5-11-7(9)6-3-2-4-10-8(6)12-5/h2-4H,1H3. The summed E-state index contributed by atoms with van der Waals surface area (Å²) < 4.78 is 0. The third kappa shape index (κ3) is 1.12. The second-order valence-electron chi connectivity index (χ2n) is 2.44. The molecule has 0 atom stereocenters. The van der Waals surface area contributed by atoms with E-state index in [1.54, 1.807) is 13.1 Å². The van der Waals surface area contributed by atoms with Gasteiger partial charge in [0.1, 0.15) is 11.0 Å². The Hall–Kier alpha value is -1.22. The van der Waals surface area contributed by atoms with Crippen LogP contribution in [0.25, 0.3) is 11.0 Å². The van der Waals surface area contributed by atoms with Gasteiger partial charge in [0.05, 0.1) is 5.39 Å². The largest absolute Gasteiger partial charge is 0.236 e. The van der Waals surface area contributed by atoms with Crippen LogP contribution in [0.4, 0.5) is 0 Å². The summed E-state index contributed by atoms with van der Waals surface area (Å²) >= 11 is 5.87. The smallest absolute Gasteiger partial charge is 0.164 e. The number of halogens is 1. The number of aryl methyl sites for hydroxylation is 1. The lowest BCUT2D eigenvalue weighted by molar-refractivity contribution is 1.07. The molecular weight excluding hydrogens is 174 g/mol. The van der Waals surface area contributed by atoms with Crippen molar-refractivity contribution in [1.29, 1.82) is 0 Å². The second-order valence-corrected chi connectivity index (χ2v) is 2.79. The monoisotopic (exact) mass is 179 g/mol. The van der Waals surface area contributed by atoms with E-state index in [0.717, 1.165) is 5.39 Å². The van der Waals surface area contributed by atoms with Crippen molar-refractivity contribution in [3.8, 4) is 0 Å². The molecule has 0 saturated carbocycles. The van der Waals surface area contributed by atoms with Gasteiger partial charge >= 0.3 is 0 Å². The third-order valence-electron chi connectivity index (χ3n) is 1.54. The number of hydrogen-bond donors (Lipinski definition) is 0. The van der Waals surface area contributed by atoms with E-state index in [1.807, 2.05) is 12.1 Å². The van der Waals surface area contributed by atoms with Crippen molar-refractivity contribution in [1.82, 2.24) is 15.0 Å². The summed E-state index contributed by atoms with van der Waals surface area (Å²) in [6, 6.07) is 3.66. The SMILES string of the molecule is Cc1nc(Cl)c2cccnc2n1. The highest BCUT2D eigenvalue weighted by atomic mass is 35.5. The van der Waals surface area contributed by atoms with Gasteiger partial charge in [0.2, 0.25) is 0 Å². The van der Waals surface area contributed by atoms with Crippen molar-refractivity contribution in [2.24, 2.45) is 0 Å². The summed E-state index contributed by atoms with van der Waals surface area (Å²) in [6.07, 6.45) is 1.69. The lowest BCUT2D eigenvalue weighted by Crippen LogP contribution is -1.91. The molecule has 2 heterocycles. The van der Waals surface area contributed by atoms with E-state index >= 15 is 0 Å². The summed E-state index contributed by atoms with van der Waals surface area (Å²) in [5.74, 6) is 0.645. The van der Waals surface area contributed by atoms with Crippen molar-refractivity contribution < 1.29 is 0 Å². The van der Waals surface area contributed by atoms with Crippen molar-refractivity contribution in [2.45, 2.75) is 6.92 Å². The molecule has 2 aromatic heterocycles. The molecule has 0 aliphatic heterocycles. The Morgan fingerprint density at radius 1 is 1.33 bits per heavy atom. The van der Waals surface area contributed by atoms with E-state index < -0.39 is 0 Å². The van der Waals surface area contributed by atoms with E-state index in [1.165, 1.54) is 0 Å². The average Bonchev–Trinajstić information content (AvgIpc) is 2.04. The molecule has 4 heteroatoms. The van der Waals surface area contributed by atoms with Crippen LogP contribution < -0.4 is 0 Å². The molecule has 0 N–H and O–H groups in total. The molecule has 0 fully saturated rings. The first-order valence-corrected chi connectivity index (χ1v) is 3.90. The summed E-state index contributed by atoms with van der Waals surface area (Å²) in [7, 11) is 0. The maximum absolute atomic E-state index is 5.87. The molecule has 0 spiro atoms. The summed E-state index contributed by atoms with van der Waals surface area (Å²) in [6.45, 7) is 1.79. The number of pyridine rings is 1. The molecule has 0 amide bonds. The molecular formula is C8H6ClN3. The van der Waals surface area contributed by atoms with E-state index in [4.69, 9.17) is 11.6 Å². The predicted molar refractivity (Wildman–Crippen MR) is 47.1 cm³/mol. The van der Waals surface area contributed by atoms with Gasteiger partial charge in [0.15, 0.2) is 5.65 Å². The summed E-state index contributed by atoms with van der Waals surface area (Å²) in [5, 5.41) is 1.26. The van der Waals surface area contributed by atoms with Crippen molar-refractivity contribution >= 4 is 22.6 Å². The van der Waals surface area contributed by atoms with Crippen LogP contribution in [0, 0.1) is 6.92 Å². The average molecular weight is 180 g/mol. The Balaban J connectivity index is 2.89. The number of fused-ring (bicyclic) bond motifs is 1. The molecule has 0 unspecified atom stereocenters. The molecule has 12 heavy (non-hydrogen) atoms. The van der Waals surface area contributed by atoms with Crippen LogP contribution in [-0.2, 0) is 0 Å². The van der Waals surface area contributed by atoms with Crippen LogP contribution in [0.1, 0.15) is 5.82 Å². The molecule has 0 saturated heterocycles. The van der Waals surface area contributed by atoms with E-state index in [0.29, 0.717) is 16.6 Å². The predicted octanol–water partition coefficient (Wildman–Crippen LogP) is 1.99. The van der Waals surface area contributed by atoms with Crippen molar-refractivity contribution in [3.63, 3.8) is 0 Å². The zero-order valence-corrected chi connectivity index (χ0v) is 7.21. The topological polar surface area (TPSA) is 38.7 Å². The molecule has 3 nitrogen and oxygen atoms in total. The molecule has 0 radical (unpaired) electrons. The molecule has 2 rings (SSSR count). The Kier molecular flexibility index (Phi) is 1.66. The maximum Gasteiger partial charge on any atom is 0.164 e. The highest BCUT2D eigenvalue weighted by Crippen LogP contribution is 2.17. The number of rotatable bonds is 0. The van der Waals surface area contributed by atoms with Crippen LogP contribution in [0.5, 0.6) is 0 Å². The van der Waals surface area contributed by atoms with Crippen LogP contribution >= 0.6 is 11.6 Å². The molecule has 60 valence electrons. The minimum absolute atomic E-state index is 0.464. The molecule has 2 aromatic rings. The van der Waals surface area contributed by atoms with Crippen LogP contribution in [0.15, 0.2) is 18.3 Å². The first-order valence-electron chi connectivity index (χ1n) is 3.52. The van der Waals surface area contributed by atoms with Gasteiger partial charge in [-0.2, -0.15) is 0 Å². The highest BCUT2D eigenvalue weighted by Gasteiger charge is 2.01. The van der Waals surface area contributed by atoms with Gasteiger partial charge < -0.3 is 0 Å². The lowest BCUT2D eigenvalue weighted by Gasteiger charge is -1.98. The van der Waals surface area contributed by atoms with Gasteiger partial charge in [-0.3, -0.25) is 0 Å². The van der Waals surface area contributed by atoms with Crippen LogP contribution in [0.2, 0.25) is 5.15 Å². The first-order chi connectivity index (χ1) is 5.77. The minimum Gasteiger partial charge on any atom is -0.236 e. The molecule has 0 aliphatic rings. The number of hydrogen-bond acceptors (Lipinski definition) is 3. The van der Waals surface area contributed by atoms with E-state index in [-0.39, 0.29) is 0 Å². The highest BCUT2D eigenvalue weighted by molar-refractivity contribution is 6.33. The fraction of sp³-hybridized carbons (Fsp3) is 0.125. The molecule has 0 bridgehead atoms. The Morgan fingerprint density at radius 2 is 2.17 bits per heavy atom. The van der Waals surface area contributed by atoms with Gasteiger partial charge in [-0.15, -0.1) is 0 Å². The molecule has 0 aromatic carbocycles. The minimum atomic E-state index is 0.464. The summed E-state index contributed by atoms with van der Waals surface area (Å²) in [5.41, 5.74) is 0.648. The van der Waals surface area contributed by atoms with Gasteiger partial charge in [0.25, 0.3) is 0 Å². The Labute approximate surface area is 74.4 Å². The molecule has 0 aliphatic carbocycles. The van der Waals surface area contributed by atoms with Gasteiger partial charge in [-0.1, -0.05) is 11.6 Å². The Bertz CT molecular complexity index is 428. The van der Waals surface area contributed by atoms with E-state index in [9.17, 15) is 0 Å². The van der Waals surface area contributed by atoms with E-state index in [2.05, 4.69) is 15.0 Å². The van der Waals surface area contributed by atoms with Crippen LogP contribution in [0.3, 0.4) is 0 Å². The zero-order valence-electron chi connectivity index (χ0n) is 6.45. The third-order valence-corrected chi connectivity index (χ3v) is 1.82. The van der Waals surface area contributed by atoms with Gasteiger partial charge in [-0.05, 0) is 19.1 Å². The fourth-order valence-corrected chi connectivity index (χ4v) is 1.30.